The Balaban J connectivity index is 2.32. The van der Waals surface area contributed by atoms with Crippen LogP contribution < -0.4 is 5.32 Å². The fraction of sp³-hybridized carbons (Fsp3) is 0.400. The van der Waals surface area contributed by atoms with Gasteiger partial charge in [0.05, 0.1) is 5.52 Å². The van der Waals surface area contributed by atoms with Crippen LogP contribution in [0, 0.1) is 6.92 Å². The summed E-state index contributed by atoms with van der Waals surface area (Å²) in [7, 11) is 0. The van der Waals surface area contributed by atoms with Gasteiger partial charge in [-0.05, 0) is 38.8 Å². The van der Waals surface area contributed by atoms with E-state index in [4.69, 9.17) is 5.11 Å². The van der Waals surface area contributed by atoms with Crippen molar-refractivity contribution in [3.05, 3.63) is 30.1 Å². The maximum atomic E-state index is 10.7. The number of rotatable bonds is 5. The van der Waals surface area contributed by atoms with Crippen molar-refractivity contribution in [2.24, 2.45) is 0 Å². The first kappa shape index (κ1) is 14.2. The topological polar surface area (TPSA) is 75.1 Å². The predicted molar refractivity (Wildman–Crippen MR) is 78.8 cm³/mol. The first-order valence-corrected chi connectivity index (χ1v) is 6.59. The molecule has 0 aliphatic carbocycles. The van der Waals surface area contributed by atoms with Gasteiger partial charge >= 0.3 is 5.97 Å². The quantitative estimate of drug-likeness (QED) is 0.876. The molecule has 2 rings (SSSR count). The molecule has 0 atom stereocenters. The first-order valence-electron chi connectivity index (χ1n) is 6.59. The molecule has 1 aromatic heterocycles. The van der Waals surface area contributed by atoms with Gasteiger partial charge in [-0.25, -0.2) is 9.97 Å². The Hall–Kier alpha value is -2.17. The molecular formula is C15H19N3O2. The highest BCUT2D eigenvalue weighted by Crippen LogP contribution is 2.26. The van der Waals surface area contributed by atoms with Crippen molar-refractivity contribution in [3.8, 4) is 0 Å². The van der Waals surface area contributed by atoms with Gasteiger partial charge in [0.1, 0.15) is 12.1 Å². The maximum absolute atomic E-state index is 10.7. The fourth-order valence-corrected chi connectivity index (χ4v) is 2.18. The largest absolute Gasteiger partial charge is 0.481 e. The fourth-order valence-electron chi connectivity index (χ4n) is 2.18. The second-order valence-electron chi connectivity index (χ2n) is 5.59. The molecule has 0 bridgehead atoms. The summed E-state index contributed by atoms with van der Waals surface area (Å²) in [6.45, 7) is 5.96. The maximum Gasteiger partial charge on any atom is 0.303 e. The number of hydrogen-bond acceptors (Lipinski definition) is 4. The van der Waals surface area contributed by atoms with Gasteiger partial charge in [0, 0.05) is 17.3 Å². The molecule has 106 valence electrons. The molecule has 0 saturated carbocycles. The SMILES string of the molecule is Cc1cccc2ncnc(NC(C)(C)CCC(=O)O)c12. The van der Waals surface area contributed by atoms with E-state index in [0.29, 0.717) is 6.42 Å². The van der Waals surface area contributed by atoms with Crippen LogP contribution in [0.5, 0.6) is 0 Å². The summed E-state index contributed by atoms with van der Waals surface area (Å²) in [5, 5.41) is 13.1. The predicted octanol–water partition coefficient (Wildman–Crippen LogP) is 2.99. The van der Waals surface area contributed by atoms with Gasteiger partial charge < -0.3 is 10.4 Å². The highest BCUT2D eigenvalue weighted by Gasteiger charge is 2.20. The number of carboxylic acid groups (broad SMARTS) is 1. The van der Waals surface area contributed by atoms with Crippen molar-refractivity contribution in [2.75, 3.05) is 5.32 Å². The smallest absolute Gasteiger partial charge is 0.303 e. The summed E-state index contributed by atoms with van der Waals surface area (Å²) in [6, 6.07) is 5.92. The average Bonchev–Trinajstić information content (AvgIpc) is 2.36. The van der Waals surface area contributed by atoms with E-state index >= 15 is 0 Å². The van der Waals surface area contributed by atoms with E-state index in [2.05, 4.69) is 15.3 Å². The lowest BCUT2D eigenvalue weighted by atomic mass is 9.98. The molecule has 0 spiro atoms. The third-order valence-corrected chi connectivity index (χ3v) is 3.29. The van der Waals surface area contributed by atoms with Crippen molar-refractivity contribution in [2.45, 2.75) is 39.2 Å². The number of aryl methyl sites for hydroxylation is 1. The van der Waals surface area contributed by atoms with Crippen LogP contribution in [0.3, 0.4) is 0 Å². The minimum Gasteiger partial charge on any atom is -0.481 e. The van der Waals surface area contributed by atoms with Crippen LogP contribution >= 0.6 is 0 Å². The van der Waals surface area contributed by atoms with Crippen molar-refractivity contribution < 1.29 is 9.90 Å². The van der Waals surface area contributed by atoms with Gasteiger partial charge in [0.15, 0.2) is 0 Å². The molecule has 1 heterocycles. The van der Waals surface area contributed by atoms with Gasteiger partial charge in [-0.15, -0.1) is 0 Å². The lowest BCUT2D eigenvalue weighted by Crippen LogP contribution is -2.32. The summed E-state index contributed by atoms with van der Waals surface area (Å²) in [4.78, 5) is 19.3. The minimum atomic E-state index is -0.788. The van der Waals surface area contributed by atoms with Gasteiger partial charge in [0.2, 0.25) is 0 Å². The highest BCUT2D eigenvalue weighted by molar-refractivity contribution is 5.91. The van der Waals surface area contributed by atoms with E-state index in [1.54, 1.807) is 0 Å². The molecule has 5 nitrogen and oxygen atoms in total. The number of hydrogen-bond donors (Lipinski definition) is 2. The lowest BCUT2D eigenvalue weighted by Gasteiger charge is -2.27. The van der Waals surface area contributed by atoms with Crippen molar-refractivity contribution in [1.82, 2.24) is 9.97 Å². The Morgan fingerprint density at radius 2 is 2.10 bits per heavy atom. The molecule has 0 unspecified atom stereocenters. The number of fused-ring (bicyclic) bond motifs is 1. The number of anilines is 1. The summed E-state index contributed by atoms with van der Waals surface area (Å²) in [5.74, 6) is -0.0351. The molecule has 1 aromatic carbocycles. The molecular weight excluding hydrogens is 254 g/mol. The van der Waals surface area contributed by atoms with E-state index in [9.17, 15) is 4.79 Å². The van der Waals surface area contributed by atoms with Gasteiger partial charge in [-0.1, -0.05) is 12.1 Å². The number of benzene rings is 1. The second kappa shape index (κ2) is 5.45. The second-order valence-corrected chi connectivity index (χ2v) is 5.59. The number of aromatic nitrogens is 2. The number of nitrogens with zero attached hydrogens (tertiary/aromatic N) is 2. The average molecular weight is 273 g/mol. The third kappa shape index (κ3) is 3.23. The zero-order chi connectivity index (χ0) is 14.8. The Labute approximate surface area is 118 Å². The van der Waals surface area contributed by atoms with Gasteiger partial charge in [0.25, 0.3) is 0 Å². The van der Waals surface area contributed by atoms with E-state index in [-0.39, 0.29) is 12.0 Å². The highest BCUT2D eigenvalue weighted by atomic mass is 16.4. The molecule has 0 radical (unpaired) electrons. The number of aliphatic carboxylic acids is 1. The molecule has 0 fully saturated rings. The van der Waals surface area contributed by atoms with E-state index in [0.717, 1.165) is 22.3 Å². The summed E-state index contributed by atoms with van der Waals surface area (Å²) in [6.07, 6.45) is 2.18. The van der Waals surface area contributed by atoms with Crippen molar-refractivity contribution in [1.29, 1.82) is 0 Å². The normalized spacial score (nSPS) is 11.6. The van der Waals surface area contributed by atoms with Gasteiger partial charge in [-0.2, -0.15) is 0 Å². The number of carbonyl (C=O) groups is 1. The van der Waals surface area contributed by atoms with E-state index in [1.807, 2.05) is 39.0 Å². The summed E-state index contributed by atoms with van der Waals surface area (Å²) in [5.41, 5.74) is 1.64. The Kier molecular flexibility index (Phi) is 3.88. The zero-order valence-corrected chi connectivity index (χ0v) is 12.0. The van der Waals surface area contributed by atoms with Crippen LogP contribution in [-0.4, -0.2) is 26.6 Å². The monoisotopic (exact) mass is 273 g/mol. The standard InChI is InChI=1S/C15H19N3O2/c1-10-5-4-6-11-13(10)14(17-9-16-11)18-15(2,3)8-7-12(19)20/h4-6,9H,7-8H2,1-3H3,(H,19,20)(H,16,17,18). The molecule has 0 amide bonds. The summed E-state index contributed by atoms with van der Waals surface area (Å²) >= 11 is 0. The number of nitrogens with one attached hydrogen (secondary N) is 1. The molecule has 2 N–H and O–H groups in total. The van der Waals surface area contributed by atoms with Crippen LogP contribution in [0.2, 0.25) is 0 Å². The van der Waals surface area contributed by atoms with Crippen molar-refractivity contribution >= 4 is 22.7 Å². The van der Waals surface area contributed by atoms with Crippen LogP contribution in [0.15, 0.2) is 24.5 Å². The van der Waals surface area contributed by atoms with Crippen LogP contribution in [-0.2, 0) is 4.79 Å². The van der Waals surface area contributed by atoms with Gasteiger partial charge in [-0.3, -0.25) is 4.79 Å². The van der Waals surface area contributed by atoms with Crippen LogP contribution in [0.25, 0.3) is 10.9 Å². The van der Waals surface area contributed by atoms with Crippen LogP contribution in [0.4, 0.5) is 5.82 Å². The molecule has 0 aliphatic rings. The Morgan fingerprint density at radius 3 is 2.80 bits per heavy atom. The molecule has 20 heavy (non-hydrogen) atoms. The lowest BCUT2D eigenvalue weighted by molar-refractivity contribution is -0.137. The third-order valence-electron chi connectivity index (χ3n) is 3.29. The molecule has 2 aromatic rings. The molecule has 0 saturated heterocycles. The first-order chi connectivity index (χ1) is 9.39. The molecule has 5 heteroatoms. The zero-order valence-electron chi connectivity index (χ0n) is 12.0. The van der Waals surface area contributed by atoms with E-state index < -0.39 is 5.97 Å². The molecule has 0 aliphatic heterocycles. The van der Waals surface area contributed by atoms with Crippen LogP contribution in [0.1, 0.15) is 32.3 Å². The van der Waals surface area contributed by atoms with Crippen molar-refractivity contribution in [3.63, 3.8) is 0 Å². The Bertz CT molecular complexity index is 633. The van der Waals surface area contributed by atoms with E-state index in [1.165, 1.54) is 6.33 Å². The minimum absolute atomic E-state index is 0.127. The Morgan fingerprint density at radius 1 is 1.35 bits per heavy atom. The summed E-state index contributed by atoms with van der Waals surface area (Å²) < 4.78 is 0. The number of carboxylic acids is 1.